The second-order valence-corrected chi connectivity index (χ2v) is 4.65. The molecule has 0 fully saturated rings. The van der Waals surface area contributed by atoms with Gasteiger partial charge in [-0.3, -0.25) is 0 Å². The first kappa shape index (κ1) is 13.4. The molecule has 3 aromatic rings. The third-order valence-corrected chi connectivity index (χ3v) is 3.14. The van der Waals surface area contributed by atoms with E-state index in [0.717, 1.165) is 17.7 Å². The number of para-hydroxylation sites is 1. The van der Waals surface area contributed by atoms with E-state index < -0.39 is 0 Å². The van der Waals surface area contributed by atoms with Crippen LogP contribution >= 0.6 is 0 Å². The largest absolute Gasteiger partial charge is 0.481 e. The fraction of sp³-hybridized carbons (Fsp3) is 0.176. The Hall–Kier alpha value is -2.62. The second kappa shape index (κ2) is 6.22. The Kier molecular flexibility index (Phi) is 3.96. The number of ether oxygens (including phenoxy) is 1. The van der Waals surface area contributed by atoms with Crippen LogP contribution in [0.3, 0.4) is 0 Å². The highest BCUT2D eigenvalue weighted by atomic mass is 16.5. The molecular weight excluding hydrogens is 264 g/mol. The van der Waals surface area contributed by atoms with E-state index in [4.69, 9.17) is 9.26 Å². The molecule has 1 aromatic heterocycles. The van der Waals surface area contributed by atoms with E-state index in [-0.39, 0.29) is 6.10 Å². The molecule has 21 heavy (non-hydrogen) atoms. The number of nitrogens with zero attached hydrogens (tertiary/aromatic N) is 2. The van der Waals surface area contributed by atoms with Gasteiger partial charge in [-0.05, 0) is 18.6 Å². The Morgan fingerprint density at radius 1 is 1.00 bits per heavy atom. The maximum atomic E-state index is 5.90. The Labute approximate surface area is 123 Å². The summed E-state index contributed by atoms with van der Waals surface area (Å²) in [7, 11) is 0. The van der Waals surface area contributed by atoms with Crippen LogP contribution in [-0.4, -0.2) is 10.1 Å². The van der Waals surface area contributed by atoms with Gasteiger partial charge in [-0.2, -0.15) is 4.98 Å². The lowest BCUT2D eigenvalue weighted by Crippen LogP contribution is -2.06. The van der Waals surface area contributed by atoms with E-state index >= 15 is 0 Å². The summed E-state index contributed by atoms with van der Waals surface area (Å²) in [5, 5.41) is 4.03. The van der Waals surface area contributed by atoms with Crippen LogP contribution in [0.5, 0.6) is 5.75 Å². The molecular formula is C17H16N2O2. The topological polar surface area (TPSA) is 48.2 Å². The van der Waals surface area contributed by atoms with Crippen molar-refractivity contribution in [1.82, 2.24) is 10.1 Å². The fourth-order valence-corrected chi connectivity index (χ4v) is 2.04. The predicted molar refractivity (Wildman–Crippen MR) is 79.8 cm³/mol. The molecule has 4 nitrogen and oxygen atoms in total. The third-order valence-electron chi connectivity index (χ3n) is 3.14. The number of benzene rings is 2. The van der Waals surface area contributed by atoms with Crippen LogP contribution < -0.4 is 4.74 Å². The maximum absolute atomic E-state index is 5.90. The van der Waals surface area contributed by atoms with Gasteiger partial charge in [0.2, 0.25) is 5.82 Å². The molecule has 0 aliphatic carbocycles. The van der Waals surface area contributed by atoms with Crippen LogP contribution in [0.2, 0.25) is 0 Å². The SMILES string of the molecule is CC[C@H](Oc1ccccc1)c1nc(-c2ccccc2)no1. The zero-order valence-corrected chi connectivity index (χ0v) is 11.8. The molecule has 0 saturated heterocycles. The van der Waals surface area contributed by atoms with Crippen LogP contribution in [0.25, 0.3) is 11.4 Å². The molecule has 0 amide bonds. The van der Waals surface area contributed by atoms with Crippen molar-refractivity contribution in [3.8, 4) is 17.1 Å². The lowest BCUT2D eigenvalue weighted by Gasteiger charge is -2.13. The van der Waals surface area contributed by atoms with Gasteiger partial charge in [0.25, 0.3) is 5.89 Å². The summed E-state index contributed by atoms with van der Waals surface area (Å²) in [6, 6.07) is 19.4. The summed E-state index contributed by atoms with van der Waals surface area (Å²) < 4.78 is 11.3. The fourth-order valence-electron chi connectivity index (χ4n) is 2.04. The van der Waals surface area contributed by atoms with Crippen molar-refractivity contribution >= 4 is 0 Å². The molecule has 0 N–H and O–H groups in total. The summed E-state index contributed by atoms with van der Waals surface area (Å²) in [5.41, 5.74) is 0.932. The molecule has 0 unspecified atom stereocenters. The molecule has 3 rings (SSSR count). The van der Waals surface area contributed by atoms with E-state index in [0.29, 0.717) is 11.7 Å². The minimum absolute atomic E-state index is 0.239. The van der Waals surface area contributed by atoms with E-state index in [2.05, 4.69) is 10.1 Å². The van der Waals surface area contributed by atoms with Crippen LogP contribution in [0, 0.1) is 0 Å². The van der Waals surface area contributed by atoms with Crippen LogP contribution in [0.15, 0.2) is 65.2 Å². The second-order valence-electron chi connectivity index (χ2n) is 4.65. The minimum Gasteiger partial charge on any atom is -0.481 e. The molecule has 1 heterocycles. The summed E-state index contributed by atoms with van der Waals surface area (Å²) in [4.78, 5) is 4.45. The van der Waals surface area contributed by atoms with Gasteiger partial charge in [0, 0.05) is 5.56 Å². The molecule has 2 aromatic carbocycles. The Balaban J connectivity index is 1.81. The van der Waals surface area contributed by atoms with Crippen molar-refractivity contribution < 1.29 is 9.26 Å². The van der Waals surface area contributed by atoms with Crippen molar-refractivity contribution in [2.24, 2.45) is 0 Å². The van der Waals surface area contributed by atoms with E-state index in [1.807, 2.05) is 67.6 Å². The highest BCUT2D eigenvalue weighted by Gasteiger charge is 2.19. The zero-order valence-electron chi connectivity index (χ0n) is 11.8. The Bertz CT molecular complexity index is 680. The van der Waals surface area contributed by atoms with Gasteiger partial charge < -0.3 is 9.26 Å². The highest BCUT2D eigenvalue weighted by molar-refractivity contribution is 5.53. The number of rotatable bonds is 5. The first-order valence-electron chi connectivity index (χ1n) is 6.97. The van der Waals surface area contributed by atoms with Crippen molar-refractivity contribution in [3.63, 3.8) is 0 Å². The Morgan fingerprint density at radius 2 is 1.67 bits per heavy atom. The first-order valence-corrected chi connectivity index (χ1v) is 6.97. The molecule has 0 saturated carbocycles. The average Bonchev–Trinajstić information content (AvgIpc) is 3.04. The van der Waals surface area contributed by atoms with E-state index in [1.54, 1.807) is 0 Å². The molecule has 1 atom stereocenters. The maximum Gasteiger partial charge on any atom is 0.268 e. The average molecular weight is 280 g/mol. The van der Waals surface area contributed by atoms with Gasteiger partial charge in [-0.15, -0.1) is 0 Å². The van der Waals surface area contributed by atoms with Crippen molar-refractivity contribution in [2.75, 3.05) is 0 Å². The van der Waals surface area contributed by atoms with Gasteiger partial charge in [0.05, 0.1) is 0 Å². The molecule has 0 aliphatic heterocycles. The number of hydrogen-bond acceptors (Lipinski definition) is 4. The predicted octanol–water partition coefficient (Wildman–Crippen LogP) is 4.27. The van der Waals surface area contributed by atoms with Gasteiger partial charge >= 0.3 is 0 Å². The molecule has 0 aliphatic rings. The van der Waals surface area contributed by atoms with Gasteiger partial charge in [-0.25, -0.2) is 0 Å². The normalized spacial score (nSPS) is 12.0. The van der Waals surface area contributed by atoms with Crippen molar-refractivity contribution in [1.29, 1.82) is 0 Å². The standard InChI is InChI=1S/C17H16N2O2/c1-2-15(20-14-11-7-4-8-12-14)17-18-16(19-21-17)13-9-5-3-6-10-13/h3-12,15H,2H2,1H3/t15-/m0/s1. The zero-order chi connectivity index (χ0) is 14.5. The smallest absolute Gasteiger partial charge is 0.268 e. The van der Waals surface area contributed by atoms with Crippen molar-refractivity contribution in [2.45, 2.75) is 19.4 Å². The molecule has 0 radical (unpaired) electrons. The summed E-state index contributed by atoms with van der Waals surface area (Å²) in [5.74, 6) is 1.88. The quantitative estimate of drug-likeness (QED) is 0.700. The highest BCUT2D eigenvalue weighted by Crippen LogP contribution is 2.25. The summed E-state index contributed by atoms with van der Waals surface area (Å²) in [6.07, 6.45) is 0.517. The molecule has 106 valence electrons. The lowest BCUT2D eigenvalue weighted by atomic mass is 10.2. The van der Waals surface area contributed by atoms with Gasteiger partial charge in [0.15, 0.2) is 6.10 Å². The first-order chi connectivity index (χ1) is 10.4. The molecule has 0 bridgehead atoms. The van der Waals surface area contributed by atoms with E-state index in [9.17, 15) is 0 Å². The van der Waals surface area contributed by atoms with Gasteiger partial charge in [0.1, 0.15) is 5.75 Å². The van der Waals surface area contributed by atoms with Crippen LogP contribution in [0.1, 0.15) is 25.3 Å². The number of hydrogen-bond donors (Lipinski definition) is 0. The molecule has 0 spiro atoms. The third kappa shape index (κ3) is 3.11. The minimum atomic E-state index is -0.239. The summed E-state index contributed by atoms with van der Waals surface area (Å²) in [6.45, 7) is 2.03. The van der Waals surface area contributed by atoms with Gasteiger partial charge in [-0.1, -0.05) is 60.6 Å². The van der Waals surface area contributed by atoms with Crippen LogP contribution in [0.4, 0.5) is 0 Å². The van der Waals surface area contributed by atoms with Crippen LogP contribution in [-0.2, 0) is 0 Å². The van der Waals surface area contributed by atoms with Crippen molar-refractivity contribution in [3.05, 3.63) is 66.6 Å². The lowest BCUT2D eigenvalue weighted by molar-refractivity contribution is 0.154. The molecule has 4 heteroatoms. The monoisotopic (exact) mass is 280 g/mol. The summed E-state index contributed by atoms with van der Waals surface area (Å²) >= 11 is 0. The Morgan fingerprint density at radius 3 is 2.33 bits per heavy atom. The number of aromatic nitrogens is 2. The van der Waals surface area contributed by atoms with E-state index in [1.165, 1.54) is 0 Å².